The van der Waals surface area contributed by atoms with Crippen molar-refractivity contribution in [1.29, 1.82) is 0 Å². The van der Waals surface area contributed by atoms with Gasteiger partial charge in [-0.05, 0) is 12.1 Å². The third kappa shape index (κ3) is 0.896. The van der Waals surface area contributed by atoms with Crippen LogP contribution in [-0.4, -0.2) is 20.4 Å². The number of rotatable bonds is 0. The summed E-state index contributed by atoms with van der Waals surface area (Å²) in [5.41, 5.74) is 1.33. The van der Waals surface area contributed by atoms with E-state index in [1.807, 2.05) is 0 Å². The molecule has 64 valence electrons. The summed E-state index contributed by atoms with van der Waals surface area (Å²) in [6.07, 6.45) is 1.60. The van der Waals surface area contributed by atoms with Crippen molar-refractivity contribution >= 4 is 15.7 Å². The highest BCUT2D eigenvalue weighted by atomic mass is 32.2. The van der Waals surface area contributed by atoms with Crippen molar-refractivity contribution in [2.45, 2.75) is 5.75 Å². The highest BCUT2D eigenvalue weighted by molar-refractivity contribution is 7.92. The second-order valence-electron chi connectivity index (χ2n) is 2.69. The molecule has 12 heavy (non-hydrogen) atoms. The summed E-state index contributed by atoms with van der Waals surface area (Å²) in [7, 11) is -1.57. The van der Waals surface area contributed by atoms with Crippen LogP contribution in [0, 0.1) is 0 Å². The molecule has 0 amide bonds. The number of aromatic nitrogens is 1. The summed E-state index contributed by atoms with van der Waals surface area (Å²) < 4.78 is 23.9. The fraction of sp³-hybridized carbons (Fsp3) is 0.286. The molecule has 1 aliphatic heterocycles. The Kier molecular flexibility index (Phi) is 1.38. The van der Waals surface area contributed by atoms with Gasteiger partial charge in [-0.25, -0.2) is 8.42 Å². The van der Waals surface area contributed by atoms with Crippen LogP contribution in [0.1, 0.15) is 5.69 Å². The van der Waals surface area contributed by atoms with E-state index in [-0.39, 0.29) is 5.75 Å². The molecule has 0 saturated carbocycles. The van der Waals surface area contributed by atoms with E-state index in [2.05, 4.69) is 4.98 Å². The fourth-order valence-electron chi connectivity index (χ4n) is 1.25. The van der Waals surface area contributed by atoms with Crippen LogP contribution >= 0.6 is 0 Å². The van der Waals surface area contributed by atoms with Gasteiger partial charge in [0.05, 0.1) is 11.4 Å². The van der Waals surface area contributed by atoms with Gasteiger partial charge < -0.3 is 0 Å². The molecule has 4 nitrogen and oxygen atoms in total. The molecule has 5 heteroatoms. The van der Waals surface area contributed by atoms with Gasteiger partial charge in [-0.15, -0.1) is 0 Å². The van der Waals surface area contributed by atoms with Gasteiger partial charge in [-0.3, -0.25) is 9.29 Å². The topological polar surface area (TPSA) is 50.3 Å². The number of anilines is 1. The maximum Gasteiger partial charge on any atom is 0.240 e. The molecule has 0 atom stereocenters. The Balaban J connectivity index is 2.64. The van der Waals surface area contributed by atoms with Crippen molar-refractivity contribution in [3.8, 4) is 0 Å². The summed E-state index contributed by atoms with van der Waals surface area (Å²) in [6.45, 7) is 0. The molecule has 0 aromatic carbocycles. The SMILES string of the molecule is CN1c2cccnc2CS1(=O)=O. The number of hydrogen-bond donors (Lipinski definition) is 0. The molecular weight excluding hydrogens is 176 g/mol. The lowest BCUT2D eigenvalue weighted by atomic mass is 10.3. The zero-order valence-electron chi connectivity index (χ0n) is 6.56. The molecule has 2 rings (SSSR count). The van der Waals surface area contributed by atoms with E-state index in [4.69, 9.17) is 0 Å². The zero-order chi connectivity index (χ0) is 8.77. The first-order valence-corrected chi connectivity index (χ1v) is 5.13. The van der Waals surface area contributed by atoms with Crippen LogP contribution in [0.3, 0.4) is 0 Å². The van der Waals surface area contributed by atoms with Crippen molar-refractivity contribution in [2.24, 2.45) is 0 Å². The number of fused-ring (bicyclic) bond motifs is 1. The minimum atomic E-state index is -3.11. The summed E-state index contributed by atoms with van der Waals surface area (Å²) in [5.74, 6) is 0.0275. The first-order chi connectivity index (χ1) is 5.61. The zero-order valence-corrected chi connectivity index (χ0v) is 7.37. The molecule has 0 fully saturated rings. The molecule has 1 aromatic rings. The lowest BCUT2D eigenvalue weighted by Crippen LogP contribution is -2.20. The van der Waals surface area contributed by atoms with Gasteiger partial charge in [-0.2, -0.15) is 0 Å². The number of nitrogens with zero attached hydrogens (tertiary/aromatic N) is 2. The van der Waals surface area contributed by atoms with Crippen LogP contribution in [0.25, 0.3) is 0 Å². The molecule has 0 N–H and O–H groups in total. The smallest absolute Gasteiger partial charge is 0.240 e. The Labute approximate surface area is 70.9 Å². The van der Waals surface area contributed by atoms with Gasteiger partial charge in [0.2, 0.25) is 10.0 Å². The van der Waals surface area contributed by atoms with Crippen LogP contribution < -0.4 is 4.31 Å². The lowest BCUT2D eigenvalue weighted by Gasteiger charge is -2.09. The monoisotopic (exact) mass is 184 g/mol. The van der Waals surface area contributed by atoms with E-state index in [9.17, 15) is 8.42 Å². The third-order valence-electron chi connectivity index (χ3n) is 1.94. The standard InChI is InChI=1S/C7H8N2O2S/c1-9-7-3-2-4-8-6(7)5-12(9,10)11/h2-4H,5H2,1H3. The van der Waals surface area contributed by atoms with Crippen molar-refractivity contribution in [2.75, 3.05) is 11.4 Å². The third-order valence-corrected chi connectivity index (χ3v) is 3.61. The van der Waals surface area contributed by atoms with Crippen LogP contribution in [0.2, 0.25) is 0 Å². The predicted octanol–water partition coefficient (Wildman–Crippen LogP) is 0.361. The quantitative estimate of drug-likeness (QED) is 0.585. The van der Waals surface area contributed by atoms with E-state index in [0.29, 0.717) is 11.4 Å². The summed E-state index contributed by atoms with van der Waals surface area (Å²) in [6, 6.07) is 3.49. The van der Waals surface area contributed by atoms with Gasteiger partial charge in [0, 0.05) is 13.2 Å². The van der Waals surface area contributed by atoms with Crippen LogP contribution in [-0.2, 0) is 15.8 Å². The molecule has 0 aliphatic carbocycles. The largest absolute Gasteiger partial charge is 0.271 e. The van der Waals surface area contributed by atoms with Crippen LogP contribution in [0.5, 0.6) is 0 Å². The molecule has 1 aromatic heterocycles. The molecule has 0 saturated heterocycles. The molecule has 2 heterocycles. The summed E-state index contributed by atoms with van der Waals surface area (Å²) in [4.78, 5) is 3.98. The predicted molar refractivity (Wildman–Crippen MR) is 45.3 cm³/mol. The Morgan fingerprint density at radius 2 is 2.33 bits per heavy atom. The Morgan fingerprint density at radius 1 is 1.58 bits per heavy atom. The second kappa shape index (κ2) is 2.20. The highest BCUT2D eigenvalue weighted by Gasteiger charge is 2.30. The van der Waals surface area contributed by atoms with Crippen molar-refractivity contribution < 1.29 is 8.42 Å². The first-order valence-electron chi connectivity index (χ1n) is 3.52. The minimum absolute atomic E-state index is 0.0275. The Bertz CT molecular complexity index is 413. The maximum absolute atomic E-state index is 11.3. The van der Waals surface area contributed by atoms with Gasteiger partial charge >= 0.3 is 0 Å². The molecule has 0 spiro atoms. The van der Waals surface area contributed by atoms with Gasteiger partial charge in [0.1, 0.15) is 5.75 Å². The molecule has 0 unspecified atom stereocenters. The van der Waals surface area contributed by atoms with Gasteiger partial charge in [-0.1, -0.05) is 0 Å². The van der Waals surface area contributed by atoms with Crippen LogP contribution in [0.15, 0.2) is 18.3 Å². The molecule has 0 radical (unpaired) electrons. The number of pyridine rings is 1. The van der Waals surface area contributed by atoms with E-state index >= 15 is 0 Å². The average Bonchev–Trinajstić information content (AvgIpc) is 2.24. The molecular formula is C7H8N2O2S. The number of hydrogen-bond acceptors (Lipinski definition) is 3. The molecule has 1 aliphatic rings. The normalized spacial score (nSPS) is 19.2. The van der Waals surface area contributed by atoms with E-state index in [1.54, 1.807) is 25.4 Å². The highest BCUT2D eigenvalue weighted by Crippen LogP contribution is 2.29. The maximum atomic E-state index is 11.3. The van der Waals surface area contributed by atoms with Crippen LogP contribution in [0.4, 0.5) is 5.69 Å². The summed E-state index contributed by atoms with van der Waals surface area (Å²) >= 11 is 0. The lowest BCUT2D eigenvalue weighted by molar-refractivity contribution is 0.596. The minimum Gasteiger partial charge on any atom is -0.271 e. The summed E-state index contributed by atoms with van der Waals surface area (Å²) in [5, 5.41) is 0. The Morgan fingerprint density at radius 3 is 3.00 bits per heavy atom. The fourth-order valence-corrected chi connectivity index (χ4v) is 2.47. The van der Waals surface area contributed by atoms with E-state index in [0.717, 1.165) is 0 Å². The second-order valence-corrected chi connectivity index (χ2v) is 4.69. The average molecular weight is 184 g/mol. The first kappa shape index (κ1) is 7.54. The van der Waals surface area contributed by atoms with Gasteiger partial charge in [0.15, 0.2) is 0 Å². The number of sulfonamides is 1. The van der Waals surface area contributed by atoms with Crippen molar-refractivity contribution in [1.82, 2.24) is 4.98 Å². The van der Waals surface area contributed by atoms with Gasteiger partial charge in [0.25, 0.3) is 0 Å². The molecule has 0 bridgehead atoms. The van der Waals surface area contributed by atoms with Crippen molar-refractivity contribution in [3.05, 3.63) is 24.0 Å². The van der Waals surface area contributed by atoms with Crippen molar-refractivity contribution in [3.63, 3.8) is 0 Å². The van der Waals surface area contributed by atoms with E-state index < -0.39 is 10.0 Å². The Hall–Kier alpha value is -1.10. The van der Waals surface area contributed by atoms with E-state index in [1.165, 1.54) is 4.31 Å².